The second-order valence-corrected chi connectivity index (χ2v) is 7.49. The second kappa shape index (κ2) is 4.96. The minimum Gasteiger partial charge on any atom is -0.464 e. The number of fused-ring (bicyclic) bond motifs is 3. The van der Waals surface area contributed by atoms with Crippen LogP contribution in [0.15, 0.2) is 81.1 Å². The maximum atomic E-state index is 13.1. The van der Waals surface area contributed by atoms with Gasteiger partial charge in [0.1, 0.15) is 5.58 Å². The number of rotatable bonds is 2. The Kier molecular flexibility index (Phi) is 3.03. The van der Waals surface area contributed by atoms with Crippen molar-refractivity contribution in [2.45, 2.75) is 16.7 Å². The van der Waals surface area contributed by atoms with Gasteiger partial charge in [0.15, 0.2) is 0 Å². The minimum atomic E-state index is -3.61. The summed E-state index contributed by atoms with van der Waals surface area (Å²) in [5, 5.41) is 2.51. The number of hydrogen-bond acceptors (Lipinski definition) is 3. The number of aryl methyl sites for hydroxylation is 1. The molecule has 114 valence electrons. The molecular weight excluding hydrogens is 308 g/mol. The van der Waals surface area contributed by atoms with Crippen LogP contribution in [0.3, 0.4) is 0 Å². The Bertz CT molecular complexity index is 1120. The standard InChI is InChI=1S/C19H14O3S/c1-13-6-8-14(9-7-13)23(20,21)19-12-18-16(10-11-22-18)15-4-2-3-5-17(15)19/h2-12H,1H3. The molecule has 4 heteroatoms. The first-order chi connectivity index (χ1) is 11.1. The molecule has 3 nitrogen and oxygen atoms in total. The molecule has 0 saturated heterocycles. The van der Waals surface area contributed by atoms with E-state index >= 15 is 0 Å². The van der Waals surface area contributed by atoms with Crippen molar-refractivity contribution in [2.24, 2.45) is 0 Å². The summed E-state index contributed by atoms with van der Waals surface area (Å²) >= 11 is 0. The van der Waals surface area contributed by atoms with Crippen LogP contribution in [0.25, 0.3) is 21.7 Å². The van der Waals surface area contributed by atoms with Crippen LogP contribution >= 0.6 is 0 Å². The van der Waals surface area contributed by atoms with Crippen LogP contribution in [-0.4, -0.2) is 8.42 Å². The Balaban J connectivity index is 2.09. The Morgan fingerprint density at radius 1 is 0.826 bits per heavy atom. The zero-order valence-electron chi connectivity index (χ0n) is 12.5. The first kappa shape index (κ1) is 14.0. The Morgan fingerprint density at radius 3 is 2.26 bits per heavy atom. The predicted molar refractivity (Wildman–Crippen MR) is 90.4 cm³/mol. The van der Waals surface area contributed by atoms with E-state index in [1.54, 1.807) is 36.6 Å². The van der Waals surface area contributed by atoms with Crippen LogP contribution in [0.4, 0.5) is 0 Å². The average Bonchev–Trinajstić information content (AvgIpc) is 3.03. The van der Waals surface area contributed by atoms with E-state index in [0.29, 0.717) is 15.9 Å². The van der Waals surface area contributed by atoms with Gasteiger partial charge in [-0.1, -0.05) is 42.0 Å². The summed E-state index contributed by atoms with van der Waals surface area (Å²) in [5.74, 6) is 0. The molecule has 1 heterocycles. The van der Waals surface area contributed by atoms with E-state index in [1.807, 2.05) is 37.3 Å². The zero-order valence-corrected chi connectivity index (χ0v) is 13.3. The summed E-state index contributed by atoms with van der Waals surface area (Å²) in [4.78, 5) is 0.568. The molecule has 23 heavy (non-hydrogen) atoms. The molecule has 0 aliphatic heterocycles. The van der Waals surface area contributed by atoms with Crippen molar-refractivity contribution in [2.75, 3.05) is 0 Å². The van der Waals surface area contributed by atoms with Crippen molar-refractivity contribution in [1.29, 1.82) is 0 Å². The summed E-state index contributed by atoms with van der Waals surface area (Å²) in [6.45, 7) is 1.93. The third-order valence-corrected chi connectivity index (χ3v) is 5.87. The molecule has 0 bridgehead atoms. The lowest BCUT2D eigenvalue weighted by molar-refractivity contribution is 0.595. The summed E-state index contributed by atoms with van der Waals surface area (Å²) in [5.41, 5.74) is 1.60. The van der Waals surface area contributed by atoms with Gasteiger partial charge in [-0.3, -0.25) is 0 Å². The van der Waals surface area contributed by atoms with E-state index in [2.05, 4.69) is 0 Å². The third kappa shape index (κ3) is 2.14. The molecular formula is C19H14O3S. The quantitative estimate of drug-likeness (QED) is 0.536. The van der Waals surface area contributed by atoms with E-state index in [-0.39, 0.29) is 4.90 Å². The highest BCUT2D eigenvalue weighted by molar-refractivity contribution is 7.91. The fourth-order valence-corrected chi connectivity index (χ4v) is 4.33. The van der Waals surface area contributed by atoms with Gasteiger partial charge in [-0.05, 0) is 30.5 Å². The van der Waals surface area contributed by atoms with Crippen molar-refractivity contribution in [1.82, 2.24) is 0 Å². The SMILES string of the molecule is Cc1ccc(S(=O)(=O)c2cc3occc3c3ccccc23)cc1. The fraction of sp³-hybridized carbons (Fsp3) is 0.0526. The van der Waals surface area contributed by atoms with Crippen molar-refractivity contribution in [3.8, 4) is 0 Å². The molecule has 0 fully saturated rings. The average molecular weight is 322 g/mol. The van der Waals surface area contributed by atoms with Crippen molar-refractivity contribution in [3.05, 3.63) is 72.5 Å². The monoisotopic (exact) mass is 322 g/mol. The van der Waals surface area contributed by atoms with Gasteiger partial charge in [0.2, 0.25) is 9.84 Å². The molecule has 0 amide bonds. The molecule has 0 N–H and O–H groups in total. The van der Waals surface area contributed by atoms with Gasteiger partial charge < -0.3 is 4.42 Å². The number of furan rings is 1. The number of hydrogen-bond donors (Lipinski definition) is 0. The summed E-state index contributed by atoms with van der Waals surface area (Å²) in [6, 6.07) is 17.9. The molecule has 0 atom stereocenters. The fourth-order valence-electron chi connectivity index (χ4n) is 2.85. The van der Waals surface area contributed by atoms with Crippen LogP contribution in [-0.2, 0) is 9.84 Å². The van der Waals surface area contributed by atoms with Crippen LogP contribution in [0.5, 0.6) is 0 Å². The van der Waals surface area contributed by atoms with Gasteiger partial charge in [0.25, 0.3) is 0 Å². The van der Waals surface area contributed by atoms with Gasteiger partial charge in [-0.25, -0.2) is 8.42 Å². The normalized spacial score (nSPS) is 12.0. The molecule has 0 saturated carbocycles. The smallest absolute Gasteiger partial charge is 0.207 e. The van der Waals surface area contributed by atoms with Gasteiger partial charge >= 0.3 is 0 Å². The molecule has 3 aromatic carbocycles. The highest BCUT2D eigenvalue weighted by Crippen LogP contribution is 2.34. The summed E-state index contributed by atoms with van der Waals surface area (Å²) in [6.07, 6.45) is 1.58. The Morgan fingerprint density at radius 2 is 1.52 bits per heavy atom. The molecule has 4 rings (SSSR count). The maximum Gasteiger partial charge on any atom is 0.207 e. The van der Waals surface area contributed by atoms with Crippen LogP contribution in [0.2, 0.25) is 0 Å². The molecule has 0 spiro atoms. The van der Waals surface area contributed by atoms with Crippen LogP contribution in [0, 0.1) is 6.92 Å². The predicted octanol–water partition coefficient (Wildman–Crippen LogP) is 4.73. The largest absolute Gasteiger partial charge is 0.464 e. The number of sulfone groups is 1. The van der Waals surface area contributed by atoms with E-state index in [4.69, 9.17) is 4.42 Å². The Labute approximate surface area is 134 Å². The summed E-state index contributed by atoms with van der Waals surface area (Å²) < 4.78 is 31.6. The summed E-state index contributed by atoms with van der Waals surface area (Å²) in [7, 11) is -3.61. The molecule has 1 aromatic heterocycles. The zero-order chi connectivity index (χ0) is 16.0. The maximum absolute atomic E-state index is 13.1. The second-order valence-electron chi connectivity index (χ2n) is 5.57. The lowest BCUT2D eigenvalue weighted by atomic mass is 10.1. The third-order valence-electron chi connectivity index (χ3n) is 4.06. The van der Waals surface area contributed by atoms with Gasteiger partial charge in [0.05, 0.1) is 16.1 Å². The highest BCUT2D eigenvalue weighted by atomic mass is 32.2. The van der Waals surface area contributed by atoms with E-state index in [0.717, 1.165) is 16.3 Å². The van der Waals surface area contributed by atoms with Gasteiger partial charge in [-0.2, -0.15) is 0 Å². The van der Waals surface area contributed by atoms with Crippen LogP contribution < -0.4 is 0 Å². The topological polar surface area (TPSA) is 47.3 Å². The first-order valence-corrected chi connectivity index (χ1v) is 8.76. The highest BCUT2D eigenvalue weighted by Gasteiger charge is 2.22. The van der Waals surface area contributed by atoms with Crippen LogP contribution in [0.1, 0.15) is 5.56 Å². The number of benzene rings is 3. The van der Waals surface area contributed by atoms with Crippen molar-refractivity contribution >= 4 is 31.6 Å². The van der Waals surface area contributed by atoms with Gasteiger partial charge in [-0.15, -0.1) is 0 Å². The van der Waals surface area contributed by atoms with E-state index in [1.165, 1.54) is 0 Å². The van der Waals surface area contributed by atoms with Gasteiger partial charge in [0, 0.05) is 16.8 Å². The molecule has 4 aromatic rings. The lowest BCUT2D eigenvalue weighted by Crippen LogP contribution is -2.03. The molecule has 0 aliphatic carbocycles. The lowest BCUT2D eigenvalue weighted by Gasteiger charge is -2.09. The minimum absolute atomic E-state index is 0.277. The molecule has 0 unspecified atom stereocenters. The molecule has 0 aliphatic rings. The van der Waals surface area contributed by atoms with Crippen molar-refractivity contribution in [3.63, 3.8) is 0 Å². The van der Waals surface area contributed by atoms with Crippen molar-refractivity contribution < 1.29 is 12.8 Å². The van der Waals surface area contributed by atoms with E-state index < -0.39 is 9.84 Å². The first-order valence-electron chi connectivity index (χ1n) is 7.28. The van der Waals surface area contributed by atoms with E-state index in [9.17, 15) is 8.42 Å². The molecule has 0 radical (unpaired) electrons. The Hall–Kier alpha value is -2.59.